The minimum absolute atomic E-state index is 0. The van der Waals surface area contributed by atoms with Gasteiger partial charge in [-0.1, -0.05) is 84.0 Å². The highest BCUT2D eigenvalue weighted by atomic mass is 16.5. The molecule has 0 aromatic rings. The Morgan fingerprint density at radius 2 is 0.857 bits per heavy atom. The molecular formula is C18H41NO2. The number of quaternary nitrogens is 1. The van der Waals surface area contributed by atoms with Crippen LogP contribution in [-0.4, -0.2) is 36.0 Å². The van der Waals surface area contributed by atoms with E-state index in [1.165, 1.54) is 83.5 Å². The van der Waals surface area contributed by atoms with Crippen LogP contribution in [0.4, 0.5) is 0 Å². The van der Waals surface area contributed by atoms with Crippen LogP contribution in [0.3, 0.4) is 0 Å². The highest BCUT2D eigenvalue weighted by Crippen LogP contribution is 2.13. The van der Waals surface area contributed by atoms with Gasteiger partial charge in [-0.05, 0) is 12.8 Å². The molecule has 0 atom stereocenters. The molecule has 0 aliphatic carbocycles. The molecule has 0 heterocycles. The van der Waals surface area contributed by atoms with E-state index in [0.717, 1.165) is 13.0 Å². The van der Waals surface area contributed by atoms with Crippen molar-refractivity contribution in [3.8, 4) is 0 Å². The molecule has 0 unspecified atom stereocenters. The van der Waals surface area contributed by atoms with E-state index in [-0.39, 0.29) is 10.1 Å². The third-order valence-electron chi connectivity index (χ3n) is 4.06. The van der Waals surface area contributed by atoms with Crippen molar-refractivity contribution in [2.45, 2.75) is 96.8 Å². The second kappa shape index (κ2) is 16.3. The third-order valence-corrected chi connectivity index (χ3v) is 4.06. The first-order valence-electron chi connectivity index (χ1n) is 9.12. The van der Waals surface area contributed by atoms with Crippen molar-refractivity contribution in [1.29, 1.82) is 0 Å². The van der Waals surface area contributed by atoms with Gasteiger partial charge in [-0.15, -0.1) is 0 Å². The summed E-state index contributed by atoms with van der Waals surface area (Å²) in [4.78, 5) is 0. The molecule has 0 spiro atoms. The Morgan fingerprint density at radius 3 is 1.14 bits per heavy atom. The Bertz CT molecular complexity index is 190. The summed E-state index contributed by atoms with van der Waals surface area (Å²) in [6.07, 6.45) is 19.5. The maximum absolute atomic E-state index is 9.55. The smallest absolute Gasteiger partial charge is 0.108 e. The average molecular weight is 304 g/mol. The Kier molecular flexibility index (Phi) is 17.9. The highest BCUT2D eigenvalue weighted by molar-refractivity contribution is 4.49. The number of hydrogen-bond acceptors (Lipinski definition) is 2. The lowest BCUT2D eigenvalue weighted by Crippen LogP contribution is -2.36. The van der Waals surface area contributed by atoms with Crippen LogP contribution >= 0.6 is 0 Å². The first kappa shape index (κ1) is 23.2. The van der Waals surface area contributed by atoms with Gasteiger partial charge in [0.25, 0.3) is 0 Å². The molecule has 0 aromatic carbocycles. The molecule has 2 N–H and O–H groups in total. The van der Waals surface area contributed by atoms with Gasteiger partial charge in [0, 0.05) is 0 Å². The molecule has 0 bridgehead atoms. The summed E-state index contributed by atoms with van der Waals surface area (Å²) >= 11 is 0. The average Bonchev–Trinajstić information content (AvgIpc) is 2.38. The fourth-order valence-electron chi connectivity index (χ4n) is 2.69. The van der Waals surface area contributed by atoms with Crippen molar-refractivity contribution in [2.75, 3.05) is 20.6 Å². The second-order valence-corrected chi connectivity index (χ2v) is 6.94. The summed E-state index contributed by atoms with van der Waals surface area (Å²) in [5.41, 5.74) is 0. The normalized spacial score (nSPS) is 11.4. The van der Waals surface area contributed by atoms with Crippen LogP contribution in [-0.2, 0) is 0 Å². The van der Waals surface area contributed by atoms with Gasteiger partial charge in [0.1, 0.15) is 6.54 Å². The van der Waals surface area contributed by atoms with E-state index in [1.807, 2.05) is 14.1 Å². The minimum atomic E-state index is 0. The SMILES string of the molecule is CCCCCCCCCCCCCCCC[N+](C)(C)O.[OH-]. The first-order valence-corrected chi connectivity index (χ1v) is 9.12. The van der Waals surface area contributed by atoms with Crippen molar-refractivity contribution >= 4 is 0 Å². The second-order valence-electron chi connectivity index (χ2n) is 6.94. The van der Waals surface area contributed by atoms with Crippen molar-refractivity contribution in [3.05, 3.63) is 0 Å². The molecule has 0 saturated heterocycles. The molecule has 0 saturated carbocycles. The molecule has 0 rings (SSSR count). The molecule has 3 nitrogen and oxygen atoms in total. The highest BCUT2D eigenvalue weighted by Gasteiger charge is 2.08. The van der Waals surface area contributed by atoms with Crippen molar-refractivity contribution in [2.24, 2.45) is 0 Å². The van der Waals surface area contributed by atoms with Gasteiger partial charge < -0.3 is 5.48 Å². The van der Waals surface area contributed by atoms with Crippen molar-refractivity contribution in [3.63, 3.8) is 0 Å². The number of hydrogen-bond donors (Lipinski definition) is 1. The third kappa shape index (κ3) is 22.3. The van der Waals surface area contributed by atoms with E-state index in [0.29, 0.717) is 0 Å². The molecule has 130 valence electrons. The van der Waals surface area contributed by atoms with Crippen LogP contribution < -0.4 is 0 Å². The lowest BCUT2D eigenvalue weighted by molar-refractivity contribution is -1.07. The van der Waals surface area contributed by atoms with Gasteiger partial charge in [0.2, 0.25) is 0 Å². The molecular weight excluding hydrogens is 262 g/mol. The summed E-state index contributed by atoms with van der Waals surface area (Å²) < 4.78 is 0.123. The monoisotopic (exact) mass is 303 g/mol. The minimum Gasteiger partial charge on any atom is -0.870 e. The van der Waals surface area contributed by atoms with E-state index < -0.39 is 0 Å². The van der Waals surface area contributed by atoms with Crippen LogP contribution in [0.1, 0.15) is 96.8 Å². The van der Waals surface area contributed by atoms with Crippen LogP contribution in [0.25, 0.3) is 0 Å². The molecule has 0 amide bonds. The van der Waals surface area contributed by atoms with E-state index >= 15 is 0 Å². The summed E-state index contributed by atoms with van der Waals surface area (Å²) in [5.74, 6) is 0. The van der Waals surface area contributed by atoms with Crippen molar-refractivity contribution in [1.82, 2.24) is 0 Å². The predicted octanol–water partition coefficient (Wildman–Crippen LogP) is 5.76. The van der Waals surface area contributed by atoms with Gasteiger partial charge in [-0.2, -0.15) is 4.65 Å². The zero-order valence-corrected chi connectivity index (χ0v) is 14.9. The molecule has 0 fully saturated rings. The van der Waals surface area contributed by atoms with Crippen LogP contribution in [0.15, 0.2) is 0 Å². The lowest BCUT2D eigenvalue weighted by Gasteiger charge is -2.18. The van der Waals surface area contributed by atoms with E-state index in [9.17, 15) is 5.21 Å². The Morgan fingerprint density at radius 1 is 0.571 bits per heavy atom. The molecule has 0 aliphatic rings. The zero-order valence-electron chi connectivity index (χ0n) is 14.9. The molecule has 3 heteroatoms. The standard InChI is InChI=1S/C18H40NO.H2O/c1-4-5-6-7-8-9-10-11-12-13-14-15-16-17-18-19(2,3)20;/h20H,4-18H2,1-3H3;1H2/q+1;/p-1. The Balaban J connectivity index is 0. The van der Waals surface area contributed by atoms with Crippen LogP contribution in [0.2, 0.25) is 0 Å². The van der Waals surface area contributed by atoms with Gasteiger partial charge in [0.05, 0.1) is 14.1 Å². The zero-order chi connectivity index (χ0) is 15.1. The number of nitrogens with zero attached hydrogens (tertiary/aromatic N) is 1. The molecule has 0 aromatic heterocycles. The number of unbranched alkanes of at least 4 members (excludes halogenated alkanes) is 13. The van der Waals surface area contributed by atoms with Crippen molar-refractivity contribution < 1.29 is 15.3 Å². The topological polar surface area (TPSA) is 50.2 Å². The summed E-state index contributed by atoms with van der Waals surface area (Å²) in [7, 11) is 3.70. The summed E-state index contributed by atoms with van der Waals surface area (Å²) in [6, 6.07) is 0. The van der Waals surface area contributed by atoms with Gasteiger partial charge in [-0.3, -0.25) is 0 Å². The van der Waals surface area contributed by atoms with Gasteiger partial charge in [-0.25, -0.2) is 5.21 Å². The van der Waals surface area contributed by atoms with Gasteiger partial charge >= 0.3 is 0 Å². The summed E-state index contributed by atoms with van der Waals surface area (Å²) in [5, 5.41) is 9.55. The first-order chi connectivity index (χ1) is 9.56. The van der Waals surface area contributed by atoms with E-state index in [1.54, 1.807) is 0 Å². The number of rotatable bonds is 15. The van der Waals surface area contributed by atoms with Crippen LogP contribution in [0, 0.1) is 0 Å². The van der Waals surface area contributed by atoms with Crippen LogP contribution in [0.5, 0.6) is 0 Å². The molecule has 0 radical (unpaired) electrons. The maximum atomic E-state index is 9.55. The lowest BCUT2D eigenvalue weighted by atomic mass is 10.0. The quantitative estimate of drug-likeness (QED) is 0.238. The fourth-order valence-corrected chi connectivity index (χ4v) is 2.69. The molecule has 21 heavy (non-hydrogen) atoms. The predicted molar refractivity (Wildman–Crippen MR) is 91.0 cm³/mol. The van der Waals surface area contributed by atoms with E-state index in [2.05, 4.69) is 6.92 Å². The largest absolute Gasteiger partial charge is 0.870 e. The van der Waals surface area contributed by atoms with E-state index in [4.69, 9.17) is 0 Å². The van der Waals surface area contributed by atoms with Gasteiger partial charge in [0.15, 0.2) is 0 Å². The fraction of sp³-hybridized carbons (Fsp3) is 1.00. The number of hydroxylamine groups is 3. The maximum Gasteiger partial charge on any atom is 0.108 e. The summed E-state index contributed by atoms with van der Waals surface area (Å²) in [6.45, 7) is 3.17. The molecule has 0 aliphatic heterocycles. The Hall–Kier alpha value is -0.120. The Labute approximate surface area is 133 Å².